The maximum absolute atomic E-state index is 5.57. The third kappa shape index (κ3) is 3.84. The van der Waals surface area contributed by atoms with E-state index >= 15 is 0 Å². The molecule has 1 fully saturated rings. The Kier molecular flexibility index (Phi) is 5.50. The van der Waals surface area contributed by atoms with Gasteiger partial charge in [-0.15, -0.1) is 11.3 Å². The Morgan fingerprint density at radius 1 is 1.04 bits per heavy atom. The van der Waals surface area contributed by atoms with Crippen LogP contribution in [0.2, 0.25) is 0 Å². The molecule has 0 radical (unpaired) electrons. The minimum absolute atomic E-state index is 0.730. The smallest absolute Gasteiger partial charge is 0.209 e. The molecule has 0 amide bonds. The summed E-state index contributed by atoms with van der Waals surface area (Å²) in [6.07, 6.45) is 0. The zero-order valence-corrected chi connectivity index (χ0v) is 17.3. The van der Waals surface area contributed by atoms with Crippen molar-refractivity contribution in [1.82, 2.24) is 4.68 Å². The molecule has 1 saturated heterocycles. The van der Waals surface area contributed by atoms with Crippen molar-refractivity contribution in [3.8, 4) is 17.0 Å². The fourth-order valence-electron chi connectivity index (χ4n) is 3.31. The molecule has 0 N–H and O–H groups in total. The van der Waals surface area contributed by atoms with Crippen LogP contribution in [-0.4, -0.2) is 38.1 Å². The number of aromatic nitrogens is 1. The molecular formula is C22H25N3O2S. The molecule has 0 aliphatic carbocycles. The van der Waals surface area contributed by atoms with Crippen LogP contribution in [0.4, 0.5) is 5.69 Å². The van der Waals surface area contributed by atoms with Gasteiger partial charge in [-0.3, -0.25) is 0 Å². The van der Waals surface area contributed by atoms with Gasteiger partial charge in [-0.25, -0.2) is 9.67 Å². The fourth-order valence-corrected chi connectivity index (χ4v) is 4.22. The van der Waals surface area contributed by atoms with E-state index < -0.39 is 0 Å². The standard InChI is InChI=1S/C22H25N3O2S/c1-16-4-5-17(2)20(14-16)23-22-25(24-10-12-27-13-11-24)21(15-28-22)18-6-8-19(26-3)9-7-18/h4-9,14-15H,10-13H2,1-3H3. The molecule has 6 heteroatoms. The Morgan fingerprint density at radius 3 is 2.50 bits per heavy atom. The largest absolute Gasteiger partial charge is 0.497 e. The van der Waals surface area contributed by atoms with E-state index in [2.05, 4.69) is 59.2 Å². The highest BCUT2D eigenvalue weighted by Crippen LogP contribution is 2.25. The summed E-state index contributed by atoms with van der Waals surface area (Å²) in [7, 11) is 1.69. The van der Waals surface area contributed by atoms with Gasteiger partial charge >= 0.3 is 0 Å². The molecule has 0 unspecified atom stereocenters. The highest BCUT2D eigenvalue weighted by Gasteiger charge is 2.17. The van der Waals surface area contributed by atoms with E-state index in [9.17, 15) is 0 Å². The Bertz CT molecular complexity index is 1020. The fraction of sp³-hybridized carbons (Fsp3) is 0.318. The SMILES string of the molecule is COc1ccc(-c2csc(=Nc3cc(C)ccc3C)n2N2CCOCC2)cc1. The van der Waals surface area contributed by atoms with Gasteiger partial charge in [0.1, 0.15) is 5.75 Å². The van der Waals surface area contributed by atoms with Gasteiger partial charge in [0.25, 0.3) is 0 Å². The minimum atomic E-state index is 0.730. The third-order valence-corrected chi connectivity index (χ3v) is 5.74. The maximum atomic E-state index is 5.57. The van der Waals surface area contributed by atoms with Crippen LogP contribution >= 0.6 is 11.3 Å². The van der Waals surface area contributed by atoms with Crippen molar-refractivity contribution in [2.24, 2.45) is 4.99 Å². The quantitative estimate of drug-likeness (QED) is 0.669. The molecule has 4 rings (SSSR count). The van der Waals surface area contributed by atoms with Gasteiger partial charge in [0.05, 0.1) is 44.8 Å². The Hall–Kier alpha value is -2.57. The van der Waals surface area contributed by atoms with Crippen LogP contribution in [0.1, 0.15) is 11.1 Å². The first-order valence-electron chi connectivity index (χ1n) is 9.45. The van der Waals surface area contributed by atoms with Crippen LogP contribution in [0.15, 0.2) is 52.8 Å². The lowest BCUT2D eigenvalue weighted by Crippen LogP contribution is -2.48. The van der Waals surface area contributed by atoms with Crippen LogP contribution < -0.4 is 14.5 Å². The first-order valence-corrected chi connectivity index (χ1v) is 10.3. The lowest BCUT2D eigenvalue weighted by Gasteiger charge is -2.31. The van der Waals surface area contributed by atoms with Crippen LogP contribution in [0.3, 0.4) is 0 Å². The molecule has 1 aromatic heterocycles. The van der Waals surface area contributed by atoms with Crippen LogP contribution in [0.25, 0.3) is 11.3 Å². The molecule has 2 heterocycles. The molecule has 28 heavy (non-hydrogen) atoms. The molecule has 0 atom stereocenters. The van der Waals surface area contributed by atoms with Gasteiger partial charge in [0.2, 0.25) is 4.80 Å². The van der Waals surface area contributed by atoms with Gasteiger partial charge in [0.15, 0.2) is 0 Å². The summed E-state index contributed by atoms with van der Waals surface area (Å²) in [5, 5.41) is 4.50. The molecule has 3 aromatic rings. The van der Waals surface area contributed by atoms with Gasteiger partial charge in [-0.2, -0.15) is 0 Å². The highest BCUT2D eigenvalue weighted by molar-refractivity contribution is 7.07. The van der Waals surface area contributed by atoms with Gasteiger partial charge in [0, 0.05) is 10.9 Å². The summed E-state index contributed by atoms with van der Waals surface area (Å²) in [6.45, 7) is 7.36. The Labute approximate surface area is 169 Å². The molecule has 1 aliphatic heterocycles. The number of methoxy groups -OCH3 is 1. The van der Waals surface area contributed by atoms with E-state index in [4.69, 9.17) is 14.5 Å². The van der Waals surface area contributed by atoms with Crippen molar-refractivity contribution >= 4 is 17.0 Å². The van der Waals surface area contributed by atoms with Crippen molar-refractivity contribution < 1.29 is 9.47 Å². The van der Waals surface area contributed by atoms with Gasteiger partial charge in [-0.1, -0.05) is 12.1 Å². The number of benzene rings is 2. The van der Waals surface area contributed by atoms with Crippen LogP contribution in [0, 0.1) is 13.8 Å². The van der Waals surface area contributed by atoms with Crippen LogP contribution in [-0.2, 0) is 4.74 Å². The van der Waals surface area contributed by atoms with E-state index in [-0.39, 0.29) is 0 Å². The second kappa shape index (κ2) is 8.20. The van der Waals surface area contributed by atoms with Crippen molar-refractivity contribution in [3.05, 3.63) is 63.8 Å². The number of nitrogens with zero attached hydrogens (tertiary/aromatic N) is 3. The summed E-state index contributed by atoms with van der Waals surface area (Å²) in [5.74, 6) is 0.859. The second-order valence-electron chi connectivity index (χ2n) is 6.91. The molecular weight excluding hydrogens is 370 g/mol. The highest BCUT2D eigenvalue weighted by atomic mass is 32.1. The Morgan fingerprint density at radius 2 is 1.79 bits per heavy atom. The van der Waals surface area contributed by atoms with E-state index in [1.807, 2.05) is 12.1 Å². The topological polar surface area (TPSA) is 39.0 Å². The second-order valence-corrected chi connectivity index (χ2v) is 7.75. The van der Waals surface area contributed by atoms with Crippen LogP contribution in [0.5, 0.6) is 5.75 Å². The molecule has 0 saturated carbocycles. The Balaban J connectivity index is 1.85. The summed E-state index contributed by atoms with van der Waals surface area (Å²) in [5.41, 5.74) is 5.70. The third-order valence-electron chi connectivity index (χ3n) is 4.92. The van der Waals surface area contributed by atoms with E-state index in [1.54, 1.807) is 18.4 Å². The minimum Gasteiger partial charge on any atom is -0.497 e. The first kappa shape index (κ1) is 18.8. The molecule has 0 spiro atoms. The molecule has 146 valence electrons. The van der Waals surface area contributed by atoms with Crippen molar-refractivity contribution in [2.45, 2.75) is 13.8 Å². The number of rotatable bonds is 4. The summed E-state index contributed by atoms with van der Waals surface area (Å²) < 4.78 is 13.1. The average molecular weight is 396 g/mol. The average Bonchev–Trinajstić information content (AvgIpc) is 3.15. The van der Waals surface area contributed by atoms with E-state index in [0.29, 0.717) is 0 Å². The number of aryl methyl sites for hydroxylation is 2. The normalized spacial score (nSPS) is 15.1. The number of ether oxygens (including phenoxy) is 2. The van der Waals surface area contributed by atoms with E-state index in [1.165, 1.54) is 11.1 Å². The molecule has 1 aliphatic rings. The number of hydrogen-bond acceptors (Lipinski definition) is 5. The summed E-state index contributed by atoms with van der Waals surface area (Å²) >= 11 is 1.67. The van der Waals surface area contributed by atoms with Crippen molar-refractivity contribution in [1.29, 1.82) is 0 Å². The summed E-state index contributed by atoms with van der Waals surface area (Å²) in [4.78, 5) is 6.00. The number of hydrogen-bond donors (Lipinski definition) is 0. The lowest BCUT2D eigenvalue weighted by molar-refractivity contribution is 0.111. The molecule has 5 nitrogen and oxygen atoms in total. The first-order chi connectivity index (χ1) is 13.7. The molecule has 0 bridgehead atoms. The lowest BCUT2D eigenvalue weighted by atomic mass is 10.1. The maximum Gasteiger partial charge on any atom is 0.209 e. The number of morpholine rings is 1. The monoisotopic (exact) mass is 395 g/mol. The predicted octanol–water partition coefficient (Wildman–Crippen LogP) is 4.04. The predicted molar refractivity (Wildman–Crippen MR) is 114 cm³/mol. The van der Waals surface area contributed by atoms with Gasteiger partial charge in [-0.05, 0) is 55.3 Å². The molecule has 2 aromatic carbocycles. The van der Waals surface area contributed by atoms with Crippen molar-refractivity contribution in [3.63, 3.8) is 0 Å². The van der Waals surface area contributed by atoms with Crippen molar-refractivity contribution in [2.75, 3.05) is 38.4 Å². The zero-order chi connectivity index (χ0) is 19.5. The zero-order valence-electron chi connectivity index (χ0n) is 16.5. The summed E-state index contributed by atoms with van der Waals surface area (Å²) in [6, 6.07) is 14.6. The number of thiazole rings is 1. The van der Waals surface area contributed by atoms with E-state index in [0.717, 1.165) is 53.8 Å². The van der Waals surface area contributed by atoms with Gasteiger partial charge < -0.3 is 14.5 Å².